The molecule has 2 unspecified atom stereocenters. The zero-order valence-electron chi connectivity index (χ0n) is 30.1. The fourth-order valence-electron chi connectivity index (χ4n) is 6.56. The monoisotopic (exact) mass is 761 g/mol. The van der Waals surface area contributed by atoms with Crippen molar-refractivity contribution in [2.75, 3.05) is 18.5 Å². The maximum absolute atomic E-state index is 13.1. The minimum absolute atomic E-state index is 0.0300. The fraction of sp³-hybridized carbons (Fsp3) is 0.357. The summed E-state index contributed by atoms with van der Waals surface area (Å²) in [7, 11) is 0. The van der Waals surface area contributed by atoms with Gasteiger partial charge in [0.25, 0.3) is 0 Å². The van der Waals surface area contributed by atoms with Crippen LogP contribution in [0.25, 0.3) is 10.8 Å². The Morgan fingerprint density at radius 1 is 1.00 bits per heavy atom. The van der Waals surface area contributed by atoms with Gasteiger partial charge in [0.2, 0.25) is 5.91 Å². The molecule has 1 heterocycles. The maximum Gasteiger partial charge on any atom is 0.416 e. The number of hydrogen-bond donors (Lipinski definition) is 5. The van der Waals surface area contributed by atoms with Gasteiger partial charge in [0.1, 0.15) is 25.1 Å². The van der Waals surface area contributed by atoms with Gasteiger partial charge in [0.15, 0.2) is 0 Å². The molecule has 1 aromatic heterocycles. The van der Waals surface area contributed by atoms with Crippen molar-refractivity contribution in [3.63, 3.8) is 0 Å². The highest BCUT2D eigenvalue weighted by atomic mass is 19.4. The molecule has 55 heavy (non-hydrogen) atoms. The van der Waals surface area contributed by atoms with Gasteiger partial charge in [0, 0.05) is 48.8 Å². The smallest absolute Gasteiger partial charge is 0.416 e. The summed E-state index contributed by atoms with van der Waals surface area (Å²) in [5.74, 6) is -1.93. The van der Waals surface area contributed by atoms with Crippen molar-refractivity contribution in [3.8, 4) is 5.75 Å². The van der Waals surface area contributed by atoms with Crippen LogP contribution in [-0.4, -0.2) is 63.6 Å². The van der Waals surface area contributed by atoms with E-state index < -0.39 is 41.9 Å². The number of unbranched alkanes of at least 4 members (excludes halogenated alkanes) is 1. The van der Waals surface area contributed by atoms with Gasteiger partial charge in [-0.15, -0.1) is 0 Å². The molecule has 6 N–H and O–H groups in total. The lowest BCUT2D eigenvalue weighted by molar-refractivity contribution is -0.145. The van der Waals surface area contributed by atoms with Gasteiger partial charge >= 0.3 is 12.1 Å². The molecule has 0 saturated heterocycles. The van der Waals surface area contributed by atoms with Crippen molar-refractivity contribution < 1.29 is 47.6 Å². The van der Waals surface area contributed by atoms with Crippen LogP contribution in [0.3, 0.4) is 0 Å². The van der Waals surface area contributed by atoms with Gasteiger partial charge in [-0.1, -0.05) is 60.7 Å². The Morgan fingerprint density at radius 3 is 2.56 bits per heavy atom. The molecule has 13 heteroatoms. The lowest BCUT2D eigenvalue weighted by atomic mass is 9.89. The van der Waals surface area contributed by atoms with Crippen molar-refractivity contribution >= 4 is 28.3 Å². The molecule has 0 aliphatic heterocycles. The summed E-state index contributed by atoms with van der Waals surface area (Å²) in [6, 6.07) is 19.1. The molecule has 1 fully saturated rings. The van der Waals surface area contributed by atoms with Gasteiger partial charge in [-0.3, -0.25) is 14.6 Å². The topological polar surface area (TPSA) is 164 Å². The van der Waals surface area contributed by atoms with Crippen LogP contribution in [0, 0.1) is 11.8 Å². The molecular weight excluding hydrogens is 715 g/mol. The quantitative estimate of drug-likeness (QED) is 0.0462. The lowest BCUT2D eigenvalue weighted by Gasteiger charge is -2.19. The Bertz CT molecular complexity index is 1940. The first-order chi connectivity index (χ1) is 26.4. The summed E-state index contributed by atoms with van der Waals surface area (Å²) in [4.78, 5) is 29.6. The third kappa shape index (κ3) is 12.0. The molecule has 1 amide bonds. The number of carbonyl (C=O) groups is 2. The average Bonchev–Trinajstić information content (AvgIpc) is 3.44. The number of nitrogens with one attached hydrogen (secondary N) is 1. The Labute approximate surface area is 317 Å². The molecule has 0 radical (unpaired) electrons. The van der Waals surface area contributed by atoms with Crippen LogP contribution in [0.15, 0.2) is 109 Å². The number of aliphatic hydroxyl groups excluding tert-OH is 3. The summed E-state index contributed by atoms with van der Waals surface area (Å²) in [5.41, 5.74) is 7.29. The third-order valence-corrected chi connectivity index (χ3v) is 9.62. The number of amides is 1. The summed E-state index contributed by atoms with van der Waals surface area (Å²) in [6.45, 7) is -0.0853. The number of fused-ring (bicyclic) bond motifs is 1. The predicted molar refractivity (Wildman–Crippen MR) is 202 cm³/mol. The predicted octanol–water partition coefficient (Wildman–Crippen LogP) is 6.45. The van der Waals surface area contributed by atoms with Gasteiger partial charge in [-0.2, -0.15) is 13.2 Å². The van der Waals surface area contributed by atoms with Crippen molar-refractivity contribution in [3.05, 3.63) is 126 Å². The van der Waals surface area contributed by atoms with Crippen molar-refractivity contribution in [2.24, 2.45) is 17.6 Å². The number of rotatable bonds is 17. The van der Waals surface area contributed by atoms with E-state index in [9.17, 15) is 38.1 Å². The first-order valence-corrected chi connectivity index (χ1v) is 18.2. The number of hydrogen-bond acceptors (Lipinski definition) is 9. The summed E-state index contributed by atoms with van der Waals surface area (Å²) >= 11 is 0. The van der Waals surface area contributed by atoms with Crippen LogP contribution in [0.5, 0.6) is 5.75 Å². The molecule has 0 bridgehead atoms. The molecule has 1 aliphatic rings. The number of nitrogens with two attached hydrogens (primary N) is 1. The summed E-state index contributed by atoms with van der Waals surface area (Å²) in [6.07, 6.45) is 5.02. The second-order valence-corrected chi connectivity index (χ2v) is 13.6. The number of aliphatic hydroxyl groups is 3. The highest BCUT2D eigenvalue weighted by molar-refractivity contribution is 5.98. The van der Waals surface area contributed by atoms with Crippen LogP contribution in [-0.2, 0) is 27.1 Å². The number of halogens is 3. The van der Waals surface area contributed by atoms with Crippen LogP contribution in [0.4, 0.5) is 18.9 Å². The Hall–Kier alpha value is -5.08. The molecule has 1 saturated carbocycles. The first kappa shape index (κ1) is 41.1. The number of pyridine rings is 1. The number of benzene rings is 3. The van der Waals surface area contributed by atoms with Crippen LogP contribution in [0.1, 0.15) is 54.7 Å². The summed E-state index contributed by atoms with van der Waals surface area (Å²) in [5, 5.41) is 36.2. The number of aromatic nitrogens is 1. The van der Waals surface area contributed by atoms with E-state index in [1.165, 1.54) is 18.2 Å². The lowest BCUT2D eigenvalue weighted by Crippen LogP contribution is -2.27. The van der Waals surface area contributed by atoms with Gasteiger partial charge in [-0.25, -0.2) is 0 Å². The van der Waals surface area contributed by atoms with Gasteiger partial charge in [0.05, 0.1) is 23.7 Å². The second kappa shape index (κ2) is 19.5. The zero-order chi connectivity index (χ0) is 39.4. The van der Waals surface area contributed by atoms with E-state index in [-0.39, 0.29) is 56.1 Å². The number of nitrogens with zero attached hydrogens (tertiary/aromatic N) is 1. The van der Waals surface area contributed by atoms with E-state index in [0.29, 0.717) is 24.9 Å². The highest BCUT2D eigenvalue weighted by Crippen LogP contribution is 2.36. The molecule has 5 rings (SSSR count). The van der Waals surface area contributed by atoms with Gasteiger partial charge < -0.3 is 35.8 Å². The van der Waals surface area contributed by atoms with Crippen molar-refractivity contribution in [1.29, 1.82) is 0 Å². The average molecular weight is 762 g/mol. The zero-order valence-corrected chi connectivity index (χ0v) is 30.1. The van der Waals surface area contributed by atoms with Crippen molar-refractivity contribution in [1.82, 2.24) is 4.98 Å². The molecule has 6 atom stereocenters. The molecule has 1 aliphatic carbocycles. The van der Waals surface area contributed by atoms with Crippen LogP contribution < -0.4 is 15.8 Å². The first-order valence-electron chi connectivity index (χ1n) is 18.2. The molecule has 0 spiro atoms. The van der Waals surface area contributed by atoms with E-state index in [0.717, 1.165) is 34.0 Å². The second-order valence-electron chi connectivity index (χ2n) is 13.6. The number of carbonyl (C=O) groups excluding carboxylic acids is 2. The van der Waals surface area contributed by atoms with Crippen LogP contribution in [0.2, 0.25) is 0 Å². The SMILES string of the molecule is NCC(C(=O)Nc1ccc2cnccc2c1)c1ccc(COC(=O)CCC/C=C\CC2[C@@H](/C=C/[C@@H](O)COc3cccc(C(F)(F)F)c3)[C@H](O)C[C@@H]2O)cc1. The van der Waals surface area contributed by atoms with E-state index in [1.54, 1.807) is 42.7 Å². The number of esters is 1. The standard InChI is InChI=1S/C42H46F3N3O7/c43-42(44,45)31-6-5-7-34(21-31)54-26-33(49)16-17-36-35(38(50)22-39(36)51)8-3-1-2-4-9-40(52)55-25-27-10-12-28(13-11-27)37(23-46)41(53)48-32-15-14-30-24-47-19-18-29(30)20-32/h1,3,5-7,10-21,24,33,35-39,49-51H,2,4,8-9,22-23,25-26,46H2,(H,48,53)/b3-1-,17-16+/t33-,35?,36-,37?,38+,39-/m1/s1. The minimum Gasteiger partial charge on any atom is -0.491 e. The summed E-state index contributed by atoms with van der Waals surface area (Å²) < 4.78 is 49.6. The normalized spacial score (nSPS) is 19.8. The number of ether oxygens (including phenoxy) is 2. The van der Waals surface area contributed by atoms with Crippen LogP contribution >= 0.6 is 0 Å². The molecule has 292 valence electrons. The third-order valence-electron chi connectivity index (χ3n) is 9.62. The Balaban J connectivity index is 1.00. The number of alkyl halides is 3. The van der Waals surface area contributed by atoms with Crippen molar-refractivity contribution in [2.45, 2.75) is 69.1 Å². The number of anilines is 1. The Kier molecular flexibility index (Phi) is 14.6. The highest BCUT2D eigenvalue weighted by Gasteiger charge is 2.39. The molecular formula is C42H46F3N3O7. The molecule has 3 aromatic carbocycles. The maximum atomic E-state index is 13.1. The largest absolute Gasteiger partial charge is 0.491 e. The van der Waals surface area contributed by atoms with E-state index >= 15 is 0 Å². The van der Waals surface area contributed by atoms with E-state index in [1.807, 2.05) is 36.4 Å². The van der Waals surface area contributed by atoms with E-state index in [4.69, 9.17) is 15.2 Å². The molecule has 10 nitrogen and oxygen atoms in total. The number of allylic oxidation sites excluding steroid dienone is 2. The fourth-order valence-corrected chi connectivity index (χ4v) is 6.56. The van der Waals surface area contributed by atoms with Gasteiger partial charge in [-0.05, 0) is 78.1 Å². The Morgan fingerprint density at radius 2 is 1.80 bits per heavy atom. The molecule has 4 aromatic rings. The minimum atomic E-state index is -4.51. The van der Waals surface area contributed by atoms with E-state index in [2.05, 4.69) is 10.3 Å².